The Labute approximate surface area is 181 Å². The van der Waals surface area contributed by atoms with Gasteiger partial charge in [-0.15, -0.1) is 0 Å². The molecular weight excluding hydrogens is 396 g/mol. The number of carbonyl (C=O) groups excluding carboxylic acids is 1. The maximum atomic E-state index is 13.6. The third-order valence-corrected chi connectivity index (χ3v) is 5.89. The van der Waals surface area contributed by atoms with Gasteiger partial charge in [0, 0.05) is 25.9 Å². The second-order valence-electron chi connectivity index (χ2n) is 8.41. The Morgan fingerprint density at radius 3 is 2.71 bits per heavy atom. The normalized spacial score (nSPS) is 23.3. The number of aliphatic hydroxyl groups excluding tert-OH is 1. The van der Waals surface area contributed by atoms with Crippen LogP contribution in [0.15, 0.2) is 53.5 Å². The van der Waals surface area contributed by atoms with Crippen molar-refractivity contribution in [3.63, 3.8) is 0 Å². The van der Waals surface area contributed by atoms with Crippen LogP contribution in [0.5, 0.6) is 5.75 Å². The van der Waals surface area contributed by atoms with E-state index in [4.69, 9.17) is 9.47 Å². The first-order valence-electron chi connectivity index (χ1n) is 10.6. The van der Waals surface area contributed by atoms with E-state index >= 15 is 0 Å². The molecule has 2 aliphatic heterocycles. The molecule has 7 heteroatoms. The van der Waals surface area contributed by atoms with Gasteiger partial charge in [-0.05, 0) is 25.3 Å². The highest BCUT2D eigenvalue weighted by molar-refractivity contribution is 5.97. The van der Waals surface area contributed by atoms with E-state index in [-0.39, 0.29) is 42.0 Å². The average molecular weight is 424 g/mol. The molecule has 3 heterocycles. The van der Waals surface area contributed by atoms with E-state index in [9.17, 15) is 14.7 Å². The summed E-state index contributed by atoms with van der Waals surface area (Å²) in [5.41, 5.74) is 0.107. The van der Waals surface area contributed by atoms with Crippen LogP contribution in [0.2, 0.25) is 0 Å². The maximum absolute atomic E-state index is 13.6. The quantitative estimate of drug-likeness (QED) is 0.570. The highest BCUT2D eigenvalue weighted by Crippen LogP contribution is 2.35. The Hall–Kier alpha value is -2.90. The van der Waals surface area contributed by atoms with Gasteiger partial charge in [-0.1, -0.05) is 49.4 Å². The number of benzene rings is 1. The van der Waals surface area contributed by atoms with Crippen molar-refractivity contribution >= 4 is 5.91 Å². The van der Waals surface area contributed by atoms with E-state index in [0.717, 1.165) is 5.56 Å². The summed E-state index contributed by atoms with van der Waals surface area (Å²) >= 11 is 0. The van der Waals surface area contributed by atoms with Crippen LogP contribution in [0, 0.1) is 5.92 Å². The van der Waals surface area contributed by atoms with Crippen molar-refractivity contribution in [2.75, 3.05) is 13.2 Å². The van der Waals surface area contributed by atoms with Gasteiger partial charge in [0.25, 0.3) is 5.91 Å². The number of nitrogens with zero attached hydrogens (tertiary/aromatic N) is 2. The molecule has 1 aromatic carbocycles. The smallest absolute Gasteiger partial charge is 0.275 e. The van der Waals surface area contributed by atoms with Crippen molar-refractivity contribution in [2.45, 2.75) is 45.8 Å². The van der Waals surface area contributed by atoms with Gasteiger partial charge < -0.3 is 24.0 Å². The molecule has 31 heavy (non-hydrogen) atoms. The minimum Gasteiger partial charge on any atom is -0.483 e. The number of pyridine rings is 1. The molecule has 3 atom stereocenters. The van der Waals surface area contributed by atoms with Crippen LogP contribution in [0.3, 0.4) is 0 Å². The lowest BCUT2D eigenvalue weighted by molar-refractivity contribution is -0.0992. The number of rotatable bonds is 6. The Kier molecular flexibility index (Phi) is 5.73. The van der Waals surface area contributed by atoms with E-state index in [0.29, 0.717) is 13.1 Å². The van der Waals surface area contributed by atoms with E-state index in [2.05, 4.69) is 13.0 Å². The summed E-state index contributed by atoms with van der Waals surface area (Å²) in [6, 6.07) is 9.44. The zero-order valence-corrected chi connectivity index (χ0v) is 18.1. The third kappa shape index (κ3) is 3.91. The summed E-state index contributed by atoms with van der Waals surface area (Å²) < 4.78 is 12.9. The van der Waals surface area contributed by atoms with Gasteiger partial charge in [-0.3, -0.25) is 9.59 Å². The van der Waals surface area contributed by atoms with Gasteiger partial charge in [-0.2, -0.15) is 0 Å². The molecule has 0 bridgehead atoms. The summed E-state index contributed by atoms with van der Waals surface area (Å²) in [5.74, 6) is -0.0695. The molecular formula is C24H28N2O5. The third-order valence-electron chi connectivity index (χ3n) is 5.89. The fourth-order valence-electron chi connectivity index (χ4n) is 4.24. The fraction of sp³-hybridized carbons (Fsp3) is 0.417. The van der Waals surface area contributed by atoms with Gasteiger partial charge >= 0.3 is 0 Å². The average Bonchev–Trinajstić information content (AvgIpc) is 2.75. The molecule has 0 aliphatic carbocycles. The Morgan fingerprint density at radius 1 is 1.26 bits per heavy atom. The number of hydrogen-bond acceptors (Lipinski definition) is 5. The lowest BCUT2D eigenvalue weighted by Crippen LogP contribution is -2.58. The first-order chi connectivity index (χ1) is 14.8. The topological polar surface area (TPSA) is 81.0 Å². The van der Waals surface area contributed by atoms with Crippen LogP contribution in [-0.4, -0.2) is 39.2 Å². The largest absolute Gasteiger partial charge is 0.483 e. The highest BCUT2D eigenvalue weighted by Gasteiger charge is 2.44. The van der Waals surface area contributed by atoms with Crippen molar-refractivity contribution < 1.29 is 19.4 Å². The molecule has 4 rings (SSSR count). The van der Waals surface area contributed by atoms with Crippen LogP contribution in [0.25, 0.3) is 0 Å². The molecule has 0 radical (unpaired) electrons. The summed E-state index contributed by atoms with van der Waals surface area (Å²) in [6.07, 6.45) is 4.29. The molecule has 1 amide bonds. The number of hydrogen-bond donors (Lipinski definition) is 1. The van der Waals surface area contributed by atoms with Gasteiger partial charge in [0.1, 0.15) is 6.61 Å². The minimum atomic E-state index is -1.39. The predicted octanol–water partition coefficient (Wildman–Crippen LogP) is 2.88. The zero-order chi connectivity index (χ0) is 22.2. The van der Waals surface area contributed by atoms with E-state index in [1.807, 2.05) is 43.3 Å². The molecule has 164 valence electrons. The summed E-state index contributed by atoms with van der Waals surface area (Å²) in [7, 11) is 0. The Morgan fingerprint density at radius 2 is 2.00 bits per heavy atom. The zero-order valence-electron chi connectivity index (χ0n) is 18.1. The minimum absolute atomic E-state index is 0.0469. The number of carbonyl (C=O) groups is 1. The second-order valence-corrected chi connectivity index (χ2v) is 8.41. The molecule has 0 saturated carbocycles. The van der Waals surface area contributed by atoms with Gasteiger partial charge in [0.15, 0.2) is 17.7 Å². The first kappa shape index (κ1) is 21.3. The SMILES string of the molecule is CCOC(O)c1cn2c(c(OCc3ccccc3)c1=O)C(=O)N1C[C@@H](C)C=C[C@]1(C)C2. The lowest BCUT2D eigenvalue weighted by Gasteiger charge is -2.47. The van der Waals surface area contributed by atoms with Crippen molar-refractivity contribution in [1.29, 1.82) is 0 Å². The van der Waals surface area contributed by atoms with Crippen LogP contribution in [0.4, 0.5) is 0 Å². The molecule has 7 nitrogen and oxygen atoms in total. The maximum Gasteiger partial charge on any atom is 0.275 e. The van der Waals surface area contributed by atoms with Crippen molar-refractivity contribution in [3.8, 4) is 5.75 Å². The molecule has 1 unspecified atom stereocenters. The fourth-order valence-corrected chi connectivity index (χ4v) is 4.24. The summed E-state index contributed by atoms with van der Waals surface area (Å²) in [4.78, 5) is 28.6. The van der Waals surface area contributed by atoms with E-state index in [1.54, 1.807) is 16.4 Å². The van der Waals surface area contributed by atoms with Crippen LogP contribution in [-0.2, 0) is 17.9 Å². The molecule has 0 saturated heterocycles. The predicted molar refractivity (Wildman–Crippen MR) is 116 cm³/mol. The van der Waals surface area contributed by atoms with Gasteiger partial charge in [-0.25, -0.2) is 0 Å². The van der Waals surface area contributed by atoms with Crippen LogP contribution >= 0.6 is 0 Å². The first-order valence-corrected chi connectivity index (χ1v) is 10.6. The number of amides is 1. The highest BCUT2D eigenvalue weighted by atomic mass is 16.6. The van der Waals surface area contributed by atoms with Crippen LogP contribution < -0.4 is 10.2 Å². The molecule has 1 aromatic heterocycles. The molecule has 1 N–H and O–H groups in total. The Balaban J connectivity index is 1.82. The van der Waals surface area contributed by atoms with E-state index < -0.39 is 17.3 Å². The van der Waals surface area contributed by atoms with Crippen molar-refractivity contribution in [3.05, 3.63) is 75.7 Å². The van der Waals surface area contributed by atoms with Gasteiger partial charge in [0.2, 0.25) is 5.43 Å². The molecule has 2 aromatic rings. The van der Waals surface area contributed by atoms with Gasteiger partial charge in [0.05, 0.1) is 11.1 Å². The number of aliphatic hydroxyl groups is 1. The number of fused-ring (bicyclic) bond motifs is 2. The van der Waals surface area contributed by atoms with Crippen molar-refractivity contribution in [1.82, 2.24) is 9.47 Å². The number of ether oxygens (including phenoxy) is 2. The van der Waals surface area contributed by atoms with E-state index in [1.165, 1.54) is 6.20 Å². The summed E-state index contributed by atoms with van der Waals surface area (Å²) in [6.45, 7) is 7.19. The summed E-state index contributed by atoms with van der Waals surface area (Å²) in [5, 5.41) is 10.4. The second kappa shape index (κ2) is 8.32. The van der Waals surface area contributed by atoms with Crippen molar-refractivity contribution in [2.24, 2.45) is 5.92 Å². The number of aromatic nitrogens is 1. The molecule has 0 fully saturated rings. The molecule has 2 aliphatic rings. The Bertz CT molecular complexity index is 1060. The lowest BCUT2D eigenvalue weighted by atomic mass is 9.88. The monoisotopic (exact) mass is 424 g/mol. The molecule has 0 spiro atoms. The standard InChI is InChI=1S/C24H28N2O5/c1-4-30-23(29)18-13-25-15-24(3)11-10-16(2)12-26(24)22(28)19(25)21(20(18)27)31-14-17-8-6-5-7-9-17/h5-11,13,16,23,29H,4,12,14-15H2,1-3H3/t16-,23?,24+/m0/s1. The van der Waals surface area contributed by atoms with Crippen LogP contribution in [0.1, 0.15) is 48.7 Å².